The SMILES string of the molecule is C[C@H](NC(=O)Cn1cnc2ccccc2c1=O)c1ccc2c(c1)OCO2. The summed E-state index contributed by atoms with van der Waals surface area (Å²) in [5.74, 6) is 1.09. The molecule has 0 saturated carbocycles. The molecular formula is C19H17N3O4. The molecule has 7 heteroatoms. The highest BCUT2D eigenvalue weighted by Gasteiger charge is 2.17. The van der Waals surface area contributed by atoms with Crippen molar-refractivity contribution >= 4 is 16.8 Å². The highest BCUT2D eigenvalue weighted by atomic mass is 16.7. The fourth-order valence-corrected chi connectivity index (χ4v) is 2.93. The predicted octanol–water partition coefficient (Wildman–Crippen LogP) is 2.00. The first-order valence-electron chi connectivity index (χ1n) is 8.25. The van der Waals surface area contributed by atoms with Crippen LogP contribution in [0.3, 0.4) is 0 Å². The van der Waals surface area contributed by atoms with Crippen LogP contribution in [0.25, 0.3) is 10.9 Å². The molecule has 1 aliphatic rings. The molecule has 0 saturated heterocycles. The summed E-state index contributed by atoms with van der Waals surface area (Å²) in [6.45, 7) is 1.99. The van der Waals surface area contributed by atoms with Crippen molar-refractivity contribution in [3.05, 3.63) is 64.7 Å². The highest BCUT2D eigenvalue weighted by Crippen LogP contribution is 2.34. The topological polar surface area (TPSA) is 82.5 Å². The van der Waals surface area contributed by atoms with Gasteiger partial charge in [0.1, 0.15) is 6.54 Å². The van der Waals surface area contributed by atoms with E-state index in [0.29, 0.717) is 22.4 Å². The molecule has 0 aliphatic carbocycles. The second-order valence-corrected chi connectivity index (χ2v) is 6.10. The molecule has 0 spiro atoms. The summed E-state index contributed by atoms with van der Waals surface area (Å²) in [6, 6.07) is 12.4. The third-order valence-corrected chi connectivity index (χ3v) is 4.32. The number of para-hydroxylation sites is 1. The molecule has 1 atom stereocenters. The number of carbonyl (C=O) groups excluding carboxylic acids is 1. The summed E-state index contributed by atoms with van der Waals surface area (Å²) >= 11 is 0. The summed E-state index contributed by atoms with van der Waals surface area (Å²) < 4.78 is 12.0. The van der Waals surface area contributed by atoms with Crippen LogP contribution in [0.1, 0.15) is 18.5 Å². The minimum Gasteiger partial charge on any atom is -0.454 e. The van der Waals surface area contributed by atoms with Gasteiger partial charge in [-0.3, -0.25) is 14.2 Å². The first kappa shape index (κ1) is 16.1. The number of hydrogen-bond acceptors (Lipinski definition) is 5. The van der Waals surface area contributed by atoms with Gasteiger partial charge in [-0.2, -0.15) is 0 Å². The second-order valence-electron chi connectivity index (χ2n) is 6.10. The summed E-state index contributed by atoms with van der Waals surface area (Å²) in [4.78, 5) is 29.0. The predicted molar refractivity (Wildman–Crippen MR) is 95.1 cm³/mol. The molecule has 4 rings (SSSR count). The van der Waals surface area contributed by atoms with Gasteiger partial charge in [0.2, 0.25) is 12.7 Å². The van der Waals surface area contributed by atoms with Crippen LogP contribution in [-0.4, -0.2) is 22.3 Å². The Morgan fingerprint density at radius 3 is 2.92 bits per heavy atom. The molecule has 26 heavy (non-hydrogen) atoms. The van der Waals surface area contributed by atoms with E-state index >= 15 is 0 Å². The van der Waals surface area contributed by atoms with Gasteiger partial charge in [-0.1, -0.05) is 18.2 Å². The van der Waals surface area contributed by atoms with E-state index in [0.717, 1.165) is 5.56 Å². The summed E-state index contributed by atoms with van der Waals surface area (Å²) in [6.07, 6.45) is 1.40. The Balaban J connectivity index is 1.49. The van der Waals surface area contributed by atoms with E-state index in [1.54, 1.807) is 18.2 Å². The van der Waals surface area contributed by atoms with Gasteiger partial charge in [0.25, 0.3) is 5.56 Å². The van der Waals surface area contributed by atoms with Crippen molar-refractivity contribution < 1.29 is 14.3 Å². The van der Waals surface area contributed by atoms with Gasteiger partial charge < -0.3 is 14.8 Å². The largest absolute Gasteiger partial charge is 0.454 e. The molecule has 1 amide bonds. The van der Waals surface area contributed by atoms with Crippen molar-refractivity contribution in [2.75, 3.05) is 6.79 Å². The third kappa shape index (κ3) is 2.99. The maximum atomic E-state index is 12.5. The first-order valence-corrected chi connectivity index (χ1v) is 8.25. The highest BCUT2D eigenvalue weighted by molar-refractivity contribution is 5.79. The lowest BCUT2D eigenvalue weighted by molar-refractivity contribution is -0.122. The number of rotatable bonds is 4. The van der Waals surface area contributed by atoms with E-state index in [-0.39, 0.29) is 30.8 Å². The van der Waals surface area contributed by atoms with Crippen molar-refractivity contribution in [1.82, 2.24) is 14.9 Å². The Hall–Kier alpha value is -3.35. The number of fused-ring (bicyclic) bond motifs is 2. The third-order valence-electron chi connectivity index (χ3n) is 4.32. The van der Waals surface area contributed by atoms with Gasteiger partial charge in [0.15, 0.2) is 11.5 Å². The fourth-order valence-electron chi connectivity index (χ4n) is 2.93. The average Bonchev–Trinajstić information content (AvgIpc) is 3.12. The Bertz CT molecular complexity index is 1040. The van der Waals surface area contributed by atoms with Gasteiger partial charge in [-0.15, -0.1) is 0 Å². The maximum Gasteiger partial charge on any atom is 0.261 e. The Morgan fingerprint density at radius 2 is 2.04 bits per heavy atom. The molecule has 132 valence electrons. The van der Waals surface area contributed by atoms with Gasteiger partial charge in [0.05, 0.1) is 23.3 Å². The van der Waals surface area contributed by atoms with Crippen LogP contribution in [0.5, 0.6) is 11.5 Å². The first-order chi connectivity index (χ1) is 12.6. The van der Waals surface area contributed by atoms with E-state index in [2.05, 4.69) is 10.3 Å². The van der Waals surface area contributed by atoms with Crippen LogP contribution >= 0.6 is 0 Å². The van der Waals surface area contributed by atoms with Crippen molar-refractivity contribution in [3.8, 4) is 11.5 Å². The number of nitrogens with zero attached hydrogens (tertiary/aromatic N) is 2. The van der Waals surface area contributed by atoms with Crippen LogP contribution in [0.4, 0.5) is 0 Å². The molecule has 0 unspecified atom stereocenters. The zero-order valence-electron chi connectivity index (χ0n) is 14.1. The van der Waals surface area contributed by atoms with Crippen molar-refractivity contribution in [2.24, 2.45) is 0 Å². The molecule has 1 N–H and O–H groups in total. The van der Waals surface area contributed by atoms with Crippen LogP contribution in [0.15, 0.2) is 53.6 Å². The number of benzene rings is 2. The number of hydrogen-bond donors (Lipinski definition) is 1. The van der Waals surface area contributed by atoms with E-state index in [9.17, 15) is 9.59 Å². The smallest absolute Gasteiger partial charge is 0.261 e. The molecule has 2 aromatic carbocycles. The normalized spacial score (nSPS) is 13.6. The number of nitrogens with one attached hydrogen (secondary N) is 1. The van der Waals surface area contributed by atoms with Crippen LogP contribution in [0, 0.1) is 0 Å². The zero-order chi connectivity index (χ0) is 18.1. The Kier molecular flexibility index (Phi) is 4.04. The average molecular weight is 351 g/mol. The number of amides is 1. The van der Waals surface area contributed by atoms with Gasteiger partial charge in [0, 0.05) is 0 Å². The van der Waals surface area contributed by atoms with Crippen LogP contribution in [-0.2, 0) is 11.3 Å². The molecule has 0 fully saturated rings. The van der Waals surface area contributed by atoms with Crippen molar-refractivity contribution in [1.29, 1.82) is 0 Å². The summed E-state index contributed by atoms with van der Waals surface area (Å²) in [7, 11) is 0. The molecule has 3 aromatic rings. The van der Waals surface area contributed by atoms with E-state index in [4.69, 9.17) is 9.47 Å². The monoisotopic (exact) mass is 351 g/mol. The van der Waals surface area contributed by atoms with E-state index in [1.165, 1.54) is 10.9 Å². The standard InChI is InChI=1S/C19H17N3O4/c1-12(13-6-7-16-17(8-13)26-11-25-16)21-18(23)9-22-10-20-15-5-3-2-4-14(15)19(22)24/h2-8,10,12H,9,11H2,1H3,(H,21,23)/t12-/m0/s1. The zero-order valence-corrected chi connectivity index (χ0v) is 14.1. The molecule has 0 radical (unpaired) electrons. The van der Waals surface area contributed by atoms with E-state index < -0.39 is 0 Å². The molecule has 0 bridgehead atoms. The van der Waals surface area contributed by atoms with Gasteiger partial charge >= 0.3 is 0 Å². The second kappa shape index (κ2) is 6.51. The quantitative estimate of drug-likeness (QED) is 0.777. The lowest BCUT2D eigenvalue weighted by atomic mass is 10.1. The van der Waals surface area contributed by atoms with Crippen LogP contribution < -0.4 is 20.3 Å². The minimum atomic E-state index is -0.269. The number of carbonyl (C=O) groups is 1. The Labute approximate surface area is 149 Å². The molecule has 7 nitrogen and oxygen atoms in total. The summed E-state index contributed by atoms with van der Waals surface area (Å²) in [5.41, 5.74) is 1.27. The summed E-state index contributed by atoms with van der Waals surface area (Å²) in [5, 5.41) is 3.38. The Morgan fingerprint density at radius 1 is 1.23 bits per heavy atom. The van der Waals surface area contributed by atoms with E-state index in [1.807, 2.05) is 31.2 Å². The molecular weight excluding hydrogens is 334 g/mol. The van der Waals surface area contributed by atoms with Crippen LogP contribution in [0.2, 0.25) is 0 Å². The lowest BCUT2D eigenvalue weighted by Crippen LogP contribution is -2.33. The molecule has 2 heterocycles. The molecule has 1 aliphatic heterocycles. The van der Waals surface area contributed by atoms with Crippen molar-refractivity contribution in [2.45, 2.75) is 19.5 Å². The fraction of sp³-hybridized carbons (Fsp3) is 0.211. The molecule has 1 aromatic heterocycles. The lowest BCUT2D eigenvalue weighted by Gasteiger charge is -2.15. The minimum absolute atomic E-state index is 0.0917. The van der Waals surface area contributed by atoms with Gasteiger partial charge in [-0.05, 0) is 36.8 Å². The van der Waals surface area contributed by atoms with Gasteiger partial charge in [-0.25, -0.2) is 4.98 Å². The van der Waals surface area contributed by atoms with Crippen molar-refractivity contribution in [3.63, 3.8) is 0 Å². The maximum absolute atomic E-state index is 12.5. The number of aromatic nitrogens is 2. The number of ether oxygens (including phenoxy) is 2.